The van der Waals surface area contributed by atoms with Crippen molar-refractivity contribution in [2.24, 2.45) is 5.92 Å². The monoisotopic (exact) mass is 371 g/mol. The maximum atomic E-state index is 12.5. The summed E-state index contributed by atoms with van der Waals surface area (Å²) in [5, 5.41) is 0. The molecule has 0 spiro atoms. The molecule has 2 aromatic carbocycles. The van der Waals surface area contributed by atoms with E-state index in [1.807, 2.05) is 47.9 Å². The number of hydrogen-bond acceptors (Lipinski definition) is 3. The van der Waals surface area contributed by atoms with Crippen molar-refractivity contribution in [2.45, 2.75) is 38.6 Å². The van der Waals surface area contributed by atoms with Crippen molar-refractivity contribution in [3.05, 3.63) is 59.9 Å². The largest absolute Gasteiger partial charge is 0.327 e. The Morgan fingerprint density at radius 1 is 1.08 bits per heavy atom. The fraction of sp³-hybridized carbons (Fsp3) is 0.350. The molecule has 6 heteroatoms. The van der Waals surface area contributed by atoms with Crippen LogP contribution in [0.2, 0.25) is 0 Å². The second-order valence-corrected chi connectivity index (χ2v) is 8.71. The number of sulfonamides is 1. The van der Waals surface area contributed by atoms with Crippen LogP contribution in [0.1, 0.15) is 25.2 Å². The molecule has 0 aliphatic carbocycles. The molecule has 1 heterocycles. The average Bonchev–Trinajstić information content (AvgIpc) is 2.90. The van der Waals surface area contributed by atoms with Gasteiger partial charge in [0.15, 0.2) is 0 Å². The van der Waals surface area contributed by atoms with Crippen LogP contribution in [0.5, 0.6) is 0 Å². The molecule has 0 amide bonds. The summed E-state index contributed by atoms with van der Waals surface area (Å²) in [6.45, 7) is 7.08. The zero-order chi connectivity index (χ0) is 18.7. The van der Waals surface area contributed by atoms with E-state index in [0.717, 1.165) is 28.8 Å². The summed E-state index contributed by atoms with van der Waals surface area (Å²) in [4.78, 5) is 4.81. The molecule has 138 valence electrons. The summed E-state index contributed by atoms with van der Waals surface area (Å²) in [5.74, 6) is 1.42. The molecule has 0 saturated heterocycles. The van der Waals surface area contributed by atoms with Crippen molar-refractivity contribution in [2.75, 3.05) is 6.54 Å². The molecule has 0 aliphatic heterocycles. The first-order valence-corrected chi connectivity index (χ1v) is 10.4. The highest BCUT2D eigenvalue weighted by Gasteiger charge is 2.14. The maximum Gasteiger partial charge on any atom is 0.240 e. The molecule has 0 unspecified atom stereocenters. The number of nitrogens with zero attached hydrogens (tertiary/aromatic N) is 2. The van der Waals surface area contributed by atoms with Gasteiger partial charge in [0.1, 0.15) is 5.82 Å². The molecule has 3 aromatic rings. The van der Waals surface area contributed by atoms with Crippen molar-refractivity contribution < 1.29 is 8.42 Å². The molecule has 3 rings (SSSR count). The fourth-order valence-corrected chi connectivity index (χ4v) is 4.15. The summed E-state index contributed by atoms with van der Waals surface area (Å²) in [5.41, 5.74) is 3.09. The molecule has 1 N–H and O–H groups in total. The minimum atomic E-state index is -3.51. The standard InChI is InChI=1S/C20H25N3O2S/c1-15(2)14-17-8-10-18(11-9-17)26(24,25)21-12-13-23-16(3)22-19-6-4-5-7-20(19)23/h4-11,15,21H,12-14H2,1-3H3. The van der Waals surface area contributed by atoms with Crippen LogP contribution in [0.4, 0.5) is 0 Å². The van der Waals surface area contributed by atoms with E-state index < -0.39 is 10.0 Å². The number of para-hydroxylation sites is 2. The second-order valence-electron chi connectivity index (χ2n) is 6.94. The third kappa shape index (κ3) is 4.14. The smallest absolute Gasteiger partial charge is 0.240 e. The number of fused-ring (bicyclic) bond motifs is 1. The van der Waals surface area contributed by atoms with Crippen LogP contribution in [-0.2, 0) is 23.0 Å². The summed E-state index contributed by atoms with van der Waals surface area (Å²) in [7, 11) is -3.51. The van der Waals surface area contributed by atoms with E-state index in [9.17, 15) is 8.42 Å². The molecule has 0 fully saturated rings. The molecule has 5 nitrogen and oxygen atoms in total. The topological polar surface area (TPSA) is 64.0 Å². The molecule has 0 saturated carbocycles. The van der Waals surface area contributed by atoms with E-state index >= 15 is 0 Å². The predicted octanol–water partition coefficient (Wildman–Crippen LogP) is 3.52. The van der Waals surface area contributed by atoms with Gasteiger partial charge < -0.3 is 4.57 Å². The number of aromatic nitrogens is 2. The van der Waals surface area contributed by atoms with Gasteiger partial charge >= 0.3 is 0 Å². The third-order valence-electron chi connectivity index (χ3n) is 4.35. The van der Waals surface area contributed by atoms with Gasteiger partial charge in [-0.15, -0.1) is 0 Å². The van der Waals surface area contributed by atoms with Crippen LogP contribution < -0.4 is 4.72 Å². The van der Waals surface area contributed by atoms with Crippen molar-refractivity contribution in [1.82, 2.24) is 14.3 Å². The summed E-state index contributed by atoms with van der Waals surface area (Å²) < 4.78 is 29.7. The first kappa shape index (κ1) is 18.6. The zero-order valence-electron chi connectivity index (χ0n) is 15.4. The molecule has 0 radical (unpaired) electrons. The highest BCUT2D eigenvalue weighted by molar-refractivity contribution is 7.89. The van der Waals surface area contributed by atoms with Gasteiger partial charge in [0.25, 0.3) is 0 Å². The lowest BCUT2D eigenvalue weighted by atomic mass is 10.0. The van der Waals surface area contributed by atoms with Crippen LogP contribution in [0.15, 0.2) is 53.4 Å². The maximum absolute atomic E-state index is 12.5. The third-order valence-corrected chi connectivity index (χ3v) is 5.83. The van der Waals surface area contributed by atoms with Gasteiger partial charge in [0.05, 0.1) is 15.9 Å². The van der Waals surface area contributed by atoms with Crippen molar-refractivity contribution in [3.8, 4) is 0 Å². The van der Waals surface area contributed by atoms with Gasteiger partial charge in [-0.25, -0.2) is 18.1 Å². The van der Waals surface area contributed by atoms with E-state index in [-0.39, 0.29) is 0 Å². The number of benzene rings is 2. The summed E-state index contributed by atoms with van der Waals surface area (Å²) in [6.07, 6.45) is 0.945. The zero-order valence-corrected chi connectivity index (χ0v) is 16.3. The average molecular weight is 372 g/mol. The van der Waals surface area contributed by atoms with Gasteiger partial charge in [-0.05, 0) is 49.1 Å². The lowest BCUT2D eigenvalue weighted by Gasteiger charge is -2.10. The van der Waals surface area contributed by atoms with Gasteiger partial charge in [-0.2, -0.15) is 0 Å². The Balaban J connectivity index is 1.67. The van der Waals surface area contributed by atoms with Gasteiger partial charge in [-0.3, -0.25) is 0 Å². The number of imidazole rings is 1. The van der Waals surface area contributed by atoms with Crippen molar-refractivity contribution >= 4 is 21.1 Å². The lowest BCUT2D eigenvalue weighted by Crippen LogP contribution is -2.27. The van der Waals surface area contributed by atoms with Crippen LogP contribution in [-0.4, -0.2) is 24.5 Å². The number of hydrogen-bond donors (Lipinski definition) is 1. The highest BCUT2D eigenvalue weighted by Crippen LogP contribution is 2.16. The molecule has 1 aromatic heterocycles. The Morgan fingerprint density at radius 2 is 1.77 bits per heavy atom. The van der Waals surface area contributed by atoms with Crippen molar-refractivity contribution in [1.29, 1.82) is 0 Å². The lowest BCUT2D eigenvalue weighted by molar-refractivity contribution is 0.572. The molecule has 0 bridgehead atoms. The Kier molecular flexibility index (Phi) is 5.44. The number of aryl methyl sites for hydroxylation is 1. The molecular weight excluding hydrogens is 346 g/mol. The van der Waals surface area contributed by atoms with E-state index in [2.05, 4.69) is 23.6 Å². The van der Waals surface area contributed by atoms with Gasteiger partial charge in [0, 0.05) is 13.1 Å². The second kappa shape index (κ2) is 7.60. The van der Waals surface area contributed by atoms with Crippen LogP contribution in [0, 0.1) is 12.8 Å². The van der Waals surface area contributed by atoms with E-state index in [1.165, 1.54) is 0 Å². The van der Waals surface area contributed by atoms with E-state index in [1.54, 1.807) is 12.1 Å². The fourth-order valence-electron chi connectivity index (χ4n) is 3.13. The minimum Gasteiger partial charge on any atom is -0.327 e. The highest BCUT2D eigenvalue weighted by atomic mass is 32.2. The first-order chi connectivity index (χ1) is 12.4. The molecule has 0 aliphatic rings. The van der Waals surface area contributed by atoms with Crippen LogP contribution in [0.3, 0.4) is 0 Å². The quantitative estimate of drug-likeness (QED) is 0.691. The summed E-state index contributed by atoms with van der Waals surface area (Å²) in [6, 6.07) is 15.0. The first-order valence-electron chi connectivity index (χ1n) is 8.87. The normalized spacial score (nSPS) is 12.2. The Labute approximate surface area is 155 Å². The Bertz CT molecular complexity index is 990. The molecular formula is C20H25N3O2S. The number of rotatable bonds is 7. The molecule has 26 heavy (non-hydrogen) atoms. The Hall–Kier alpha value is -2.18. The minimum absolute atomic E-state index is 0.303. The predicted molar refractivity (Wildman–Crippen MR) is 105 cm³/mol. The van der Waals surface area contributed by atoms with E-state index in [4.69, 9.17) is 0 Å². The van der Waals surface area contributed by atoms with Gasteiger partial charge in [0.2, 0.25) is 10.0 Å². The van der Waals surface area contributed by atoms with Crippen LogP contribution >= 0.6 is 0 Å². The van der Waals surface area contributed by atoms with Gasteiger partial charge in [-0.1, -0.05) is 38.1 Å². The van der Waals surface area contributed by atoms with Crippen LogP contribution in [0.25, 0.3) is 11.0 Å². The van der Waals surface area contributed by atoms with E-state index in [0.29, 0.717) is 23.9 Å². The van der Waals surface area contributed by atoms with Crippen molar-refractivity contribution in [3.63, 3.8) is 0 Å². The molecule has 0 atom stereocenters. The number of nitrogens with one attached hydrogen (secondary N) is 1. The SMILES string of the molecule is Cc1nc2ccccc2n1CCNS(=O)(=O)c1ccc(CC(C)C)cc1. The Morgan fingerprint density at radius 3 is 2.46 bits per heavy atom. The summed E-state index contributed by atoms with van der Waals surface area (Å²) >= 11 is 0.